The maximum atomic E-state index is 12.7. The molecule has 1 aromatic carbocycles. The zero-order valence-electron chi connectivity index (χ0n) is 16.6. The number of hydrogen-bond donors (Lipinski definition) is 1. The fourth-order valence-corrected chi connectivity index (χ4v) is 6.08. The molecule has 0 saturated heterocycles. The van der Waals surface area contributed by atoms with Crippen molar-refractivity contribution in [3.63, 3.8) is 0 Å². The van der Waals surface area contributed by atoms with Crippen molar-refractivity contribution in [2.75, 3.05) is 20.7 Å². The second-order valence-electron chi connectivity index (χ2n) is 6.92. The van der Waals surface area contributed by atoms with Gasteiger partial charge in [0.2, 0.25) is 5.91 Å². The molecule has 2 aromatic rings. The molecule has 1 amide bonds. The minimum absolute atomic E-state index is 0.0160. The molecule has 3 rings (SSSR count). The van der Waals surface area contributed by atoms with Crippen molar-refractivity contribution in [3.8, 4) is 0 Å². The van der Waals surface area contributed by atoms with E-state index < -0.39 is 16.0 Å². The van der Waals surface area contributed by atoms with Gasteiger partial charge in [0, 0.05) is 17.8 Å². The Morgan fingerprint density at radius 3 is 2.55 bits per heavy atom. The summed E-state index contributed by atoms with van der Waals surface area (Å²) in [6, 6.07) is 8.09. The highest BCUT2D eigenvalue weighted by Gasteiger charge is 2.34. The quantitative estimate of drug-likeness (QED) is 0.702. The van der Waals surface area contributed by atoms with Crippen LogP contribution in [0.25, 0.3) is 0 Å². The molecule has 1 aliphatic heterocycles. The van der Waals surface area contributed by atoms with Gasteiger partial charge in [-0.2, -0.15) is 0 Å². The number of sulfonamides is 1. The van der Waals surface area contributed by atoms with E-state index in [0.717, 1.165) is 16.9 Å². The molecule has 0 spiro atoms. The van der Waals surface area contributed by atoms with E-state index in [1.54, 1.807) is 4.90 Å². The normalized spacial score (nSPS) is 13.8. The van der Waals surface area contributed by atoms with E-state index in [9.17, 15) is 18.0 Å². The number of carbonyl (C=O) groups excluding carboxylic acids is 2. The van der Waals surface area contributed by atoms with Gasteiger partial charge in [-0.15, -0.1) is 11.3 Å². The van der Waals surface area contributed by atoms with Crippen LogP contribution in [-0.2, 0) is 38.9 Å². The molecule has 2 heterocycles. The Kier molecular flexibility index (Phi) is 6.40. The summed E-state index contributed by atoms with van der Waals surface area (Å²) in [7, 11) is -1.27. The lowest BCUT2D eigenvalue weighted by atomic mass is 10.0. The van der Waals surface area contributed by atoms with Crippen molar-refractivity contribution in [2.45, 2.75) is 36.9 Å². The van der Waals surface area contributed by atoms with Gasteiger partial charge in [-0.1, -0.05) is 29.8 Å². The first kappa shape index (κ1) is 21.5. The monoisotopic (exact) mass is 436 g/mol. The minimum atomic E-state index is -3.80. The third-order valence-electron chi connectivity index (χ3n) is 5.03. The lowest BCUT2D eigenvalue weighted by Gasteiger charge is -2.27. The number of nitrogens with one attached hydrogen (secondary N) is 1. The molecule has 0 unspecified atom stereocenters. The number of carbonyl (C=O) groups is 2. The molecule has 0 aliphatic carbocycles. The van der Waals surface area contributed by atoms with Gasteiger partial charge in [-0.05, 0) is 37.9 Å². The van der Waals surface area contributed by atoms with Crippen LogP contribution in [0.2, 0.25) is 0 Å². The van der Waals surface area contributed by atoms with Crippen molar-refractivity contribution >= 4 is 33.2 Å². The van der Waals surface area contributed by atoms with Crippen LogP contribution in [0.5, 0.6) is 0 Å². The second-order valence-corrected chi connectivity index (χ2v) is 10.1. The average Bonchev–Trinajstić information content (AvgIpc) is 3.12. The first-order valence-electron chi connectivity index (χ1n) is 9.26. The first-order chi connectivity index (χ1) is 13.8. The third kappa shape index (κ3) is 4.52. The van der Waals surface area contributed by atoms with Crippen LogP contribution in [0.3, 0.4) is 0 Å². The van der Waals surface area contributed by atoms with Gasteiger partial charge < -0.3 is 9.64 Å². The van der Waals surface area contributed by atoms with Crippen LogP contribution in [-0.4, -0.2) is 45.9 Å². The van der Waals surface area contributed by atoms with Gasteiger partial charge in [0.1, 0.15) is 4.21 Å². The van der Waals surface area contributed by atoms with Crippen molar-refractivity contribution in [1.29, 1.82) is 0 Å². The number of methoxy groups -OCH3 is 1. The van der Waals surface area contributed by atoms with E-state index in [2.05, 4.69) is 4.72 Å². The Hall–Kier alpha value is -2.23. The van der Waals surface area contributed by atoms with E-state index in [-0.39, 0.29) is 15.7 Å². The number of thiophene rings is 1. The molecule has 1 aliphatic rings. The standard InChI is InChI=1S/C20H24N2O5S2/c1-13-4-6-14(7-5-13)8-9-17(23)22-11-10-15-16(12-22)28-20(29(25,26)21-2)18(15)19(24)27-3/h4-7,21H,8-12H2,1-3H3. The van der Waals surface area contributed by atoms with Crippen molar-refractivity contribution in [1.82, 2.24) is 9.62 Å². The maximum absolute atomic E-state index is 12.7. The van der Waals surface area contributed by atoms with E-state index in [4.69, 9.17) is 4.74 Å². The zero-order valence-corrected chi connectivity index (χ0v) is 18.3. The lowest BCUT2D eigenvalue weighted by molar-refractivity contribution is -0.132. The van der Waals surface area contributed by atoms with Gasteiger partial charge in [0.25, 0.3) is 10.0 Å². The van der Waals surface area contributed by atoms with Crippen molar-refractivity contribution < 1.29 is 22.7 Å². The summed E-state index contributed by atoms with van der Waals surface area (Å²) in [5.41, 5.74) is 3.04. The van der Waals surface area contributed by atoms with Crippen LogP contribution >= 0.6 is 11.3 Å². The predicted molar refractivity (Wildman–Crippen MR) is 111 cm³/mol. The molecule has 0 radical (unpaired) electrons. The number of aryl methyl sites for hydroxylation is 2. The van der Waals surface area contributed by atoms with Gasteiger partial charge in [-0.25, -0.2) is 17.9 Å². The van der Waals surface area contributed by atoms with Crippen molar-refractivity contribution in [2.24, 2.45) is 0 Å². The van der Waals surface area contributed by atoms with E-state index in [1.807, 2.05) is 31.2 Å². The fourth-order valence-electron chi connectivity index (χ4n) is 3.35. The summed E-state index contributed by atoms with van der Waals surface area (Å²) < 4.78 is 31.8. The molecule has 0 saturated carbocycles. The number of esters is 1. The molecule has 0 fully saturated rings. The smallest absolute Gasteiger partial charge is 0.340 e. The predicted octanol–water partition coefficient (Wildman–Crippen LogP) is 2.27. The largest absolute Gasteiger partial charge is 0.465 e. The Morgan fingerprint density at radius 1 is 1.24 bits per heavy atom. The number of ether oxygens (including phenoxy) is 1. The van der Waals surface area contributed by atoms with Crippen LogP contribution in [0.1, 0.15) is 38.3 Å². The summed E-state index contributed by atoms with van der Waals surface area (Å²) >= 11 is 1.03. The molecule has 1 N–H and O–H groups in total. The van der Waals surface area contributed by atoms with Crippen LogP contribution in [0.4, 0.5) is 0 Å². The highest BCUT2D eigenvalue weighted by molar-refractivity contribution is 7.91. The SMILES string of the molecule is CNS(=O)(=O)c1sc2c(c1C(=O)OC)CCN(C(=O)CCc1ccc(C)cc1)C2. The molecular formula is C20H24N2O5S2. The zero-order chi connectivity index (χ0) is 21.2. The Balaban J connectivity index is 1.78. The summed E-state index contributed by atoms with van der Waals surface area (Å²) in [6.45, 7) is 2.77. The second kappa shape index (κ2) is 8.64. The van der Waals surface area contributed by atoms with E-state index >= 15 is 0 Å². The molecule has 7 nitrogen and oxygen atoms in total. The Labute approximate surface area is 174 Å². The van der Waals surface area contributed by atoms with Crippen molar-refractivity contribution in [3.05, 3.63) is 51.4 Å². The van der Waals surface area contributed by atoms with Crippen LogP contribution in [0, 0.1) is 6.92 Å². The summed E-state index contributed by atoms with van der Waals surface area (Å²) in [4.78, 5) is 27.4. The Morgan fingerprint density at radius 2 is 1.93 bits per heavy atom. The topological polar surface area (TPSA) is 92.8 Å². The molecule has 9 heteroatoms. The van der Waals surface area contributed by atoms with E-state index in [0.29, 0.717) is 42.8 Å². The van der Waals surface area contributed by atoms with E-state index in [1.165, 1.54) is 19.7 Å². The fraction of sp³-hybridized carbons (Fsp3) is 0.400. The number of benzene rings is 1. The molecule has 0 atom stereocenters. The van der Waals surface area contributed by atoms with Gasteiger partial charge in [0.15, 0.2) is 0 Å². The number of rotatable bonds is 6. The van der Waals surface area contributed by atoms with Crippen LogP contribution in [0.15, 0.2) is 28.5 Å². The van der Waals surface area contributed by atoms with Gasteiger partial charge >= 0.3 is 5.97 Å². The molecule has 156 valence electrons. The third-order valence-corrected chi connectivity index (χ3v) is 8.18. The number of nitrogens with zero attached hydrogens (tertiary/aromatic N) is 1. The number of hydrogen-bond acceptors (Lipinski definition) is 6. The van der Waals surface area contributed by atoms with Gasteiger partial charge in [0.05, 0.1) is 19.2 Å². The van der Waals surface area contributed by atoms with Gasteiger partial charge in [-0.3, -0.25) is 4.79 Å². The molecule has 29 heavy (non-hydrogen) atoms. The molecular weight excluding hydrogens is 412 g/mol. The Bertz CT molecular complexity index is 1030. The lowest BCUT2D eigenvalue weighted by Crippen LogP contribution is -2.35. The molecule has 1 aromatic heterocycles. The average molecular weight is 437 g/mol. The highest BCUT2D eigenvalue weighted by atomic mass is 32.2. The maximum Gasteiger partial charge on any atom is 0.340 e. The number of amides is 1. The first-order valence-corrected chi connectivity index (χ1v) is 11.6. The minimum Gasteiger partial charge on any atom is -0.465 e. The molecule has 0 bridgehead atoms. The summed E-state index contributed by atoms with van der Waals surface area (Å²) in [6.07, 6.45) is 1.46. The summed E-state index contributed by atoms with van der Waals surface area (Å²) in [5.74, 6) is -0.655. The summed E-state index contributed by atoms with van der Waals surface area (Å²) in [5, 5.41) is 0. The van der Waals surface area contributed by atoms with Crippen LogP contribution < -0.4 is 4.72 Å². The highest BCUT2D eigenvalue weighted by Crippen LogP contribution is 2.36. The number of fused-ring (bicyclic) bond motifs is 1.